The van der Waals surface area contributed by atoms with Crippen molar-refractivity contribution < 1.29 is 13.9 Å². The Balaban J connectivity index is 2.47. The molecule has 0 aliphatic rings. The summed E-state index contributed by atoms with van der Waals surface area (Å²) in [5.41, 5.74) is 1.69. The molecule has 0 atom stereocenters. The average Bonchev–Trinajstić information content (AvgIpc) is 2.60. The van der Waals surface area contributed by atoms with Crippen LogP contribution in [0.5, 0.6) is 5.75 Å². The Kier molecular flexibility index (Phi) is 2.46. The molecule has 3 nitrogen and oxygen atoms in total. The van der Waals surface area contributed by atoms with E-state index in [-0.39, 0.29) is 5.78 Å². The van der Waals surface area contributed by atoms with E-state index in [1.165, 1.54) is 0 Å². The van der Waals surface area contributed by atoms with Crippen LogP contribution in [0, 0.1) is 0 Å². The smallest absolute Gasteiger partial charge is 0.137 e. The molecule has 1 heterocycles. The maximum absolute atomic E-state index is 11.0. The first-order valence-electron chi connectivity index (χ1n) is 4.74. The predicted octanol–water partition coefficient (Wildman–Crippen LogP) is 2.57. The topological polar surface area (TPSA) is 39.4 Å². The number of ketones is 1. The molecule has 0 saturated carbocycles. The molecule has 0 unspecified atom stereocenters. The Hall–Kier alpha value is -1.77. The molecule has 0 aliphatic carbocycles. The number of furan rings is 1. The van der Waals surface area contributed by atoms with Crippen molar-refractivity contribution in [1.29, 1.82) is 0 Å². The van der Waals surface area contributed by atoms with Gasteiger partial charge in [-0.2, -0.15) is 0 Å². The first kappa shape index (κ1) is 9.77. The van der Waals surface area contributed by atoms with Crippen molar-refractivity contribution in [2.45, 2.75) is 13.3 Å². The third-order valence-electron chi connectivity index (χ3n) is 2.30. The SMILES string of the molecule is COc1ccc2c(CC(C)=O)coc2c1. The highest BCUT2D eigenvalue weighted by Crippen LogP contribution is 2.25. The molecule has 0 aliphatic heterocycles. The van der Waals surface area contributed by atoms with Gasteiger partial charge in [0.25, 0.3) is 0 Å². The summed E-state index contributed by atoms with van der Waals surface area (Å²) in [5, 5.41) is 0.978. The number of hydrogen-bond acceptors (Lipinski definition) is 3. The van der Waals surface area contributed by atoms with Crippen molar-refractivity contribution in [2.24, 2.45) is 0 Å². The zero-order valence-electron chi connectivity index (χ0n) is 8.74. The van der Waals surface area contributed by atoms with E-state index in [1.54, 1.807) is 20.3 Å². The van der Waals surface area contributed by atoms with Crippen molar-refractivity contribution in [3.05, 3.63) is 30.0 Å². The molecular formula is C12H12O3. The maximum atomic E-state index is 11.0. The van der Waals surface area contributed by atoms with E-state index < -0.39 is 0 Å². The van der Waals surface area contributed by atoms with Gasteiger partial charge in [0, 0.05) is 23.4 Å². The summed E-state index contributed by atoms with van der Waals surface area (Å²) in [5.74, 6) is 0.889. The van der Waals surface area contributed by atoms with Crippen molar-refractivity contribution in [1.82, 2.24) is 0 Å². The molecule has 0 radical (unpaired) electrons. The van der Waals surface area contributed by atoms with E-state index in [9.17, 15) is 4.79 Å². The van der Waals surface area contributed by atoms with Crippen LogP contribution in [0.4, 0.5) is 0 Å². The summed E-state index contributed by atoms with van der Waals surface area (Å²) in [6.45, 7) is 1.57. The fraction of sp³-hybridized carbons (Fsp3) is 0.250. The first-order valence-corrected chi connectivity index (χ1v) is 4.74. The maximum Gasteiger partial charge on any atom is 0.137 e. The number of Topliss-reactive ketones (excluding diaryl/α,β-unsaturated/α-hetero) is 1. The van der Waals surface area contributed by atoms with Crippen LogP contribution >= 0.6 is 0 Å². The lowest BCUT2D eigenvalue weighted by Crippen LogP contribution is -1.94. The van der Waals surface area contributed by atoms with E-state index in [1.807, 2.05) is 18.2 Å². The minimum absolute atomic E-state index is 0.133. The van der Waals surface area contributed by atoms with Crippen molar-refractivity contribution >= 4 is 16.8 Å². The molecule has 1 aromatic carbocycles. The lowest BCUT2D eigenvalue weighted by atomic mass is 10.1. The van der Waals surface area contributed by atoms with Gasteiger partial charge in [-0.25, -0.2) is 0 Å². The van der Waals surface area contributed by atoms with Crippen LogP contribution in [0.3, 0.4) is 0 Å². The molecule has 0 N–H and O–H groups in total. The number of hydrogen-bond donors (Lipinski definition) is 0. The molecule has 78 valence electrons. The zero-order chi connectivity index (χ0) is 10.8. The molecule has 0 fully saturated rings. The Morgan fingerprint density at radius 3 is 2.93 bits per heavy atom. The van der Waals surface area contributed by atoms with Gasteiger partial charge in [-0.05, 0) is 19.1 Å². The van der Waals surface area contributed by atoms with E-state index >= 15 is 0 Å². The number of carbonyl (C=O) groups is 1. The van der Waals surface area contributed by atoms with Gasteiger partial charge in [0.2, 0.25) is 0 Å². The lowest BCUT2D eigenvalue weighted by molar-refractivity contribution is -0.116. The highest BCUT2D eigenvalue weighted by molar-refractivity contribution is 5.88. The minimum atomic E-state index is 0.133. The zero-order valence-corrected chi connectivity index (χ0v) is 8.74. The molecule has 15 heavy (non-hydrogen) atoms. The van der Waals surface area contributed by atoms with Gasteiger partial charge < -0.3 is 9.15 Å². The second-order valence-electron chi connectivity index (χ2n) is 3.50. The van der Waals surface area contributed by atoms with E-state index in [0.717, 1.165) is 22.3 Å². The van der Waals surface area contributed by atoms with Crippen LogP contribution in [0.15, 0.2) is 28.9 Å². The summed E-state index contributed by atoms with van der Waals surface area (Å²) in [4.78, 5) is 11.0. The van der Waals surface area contributed by atoms with Gasteiger partial charge >= 0.3 is 0 Å². The van der Waals surface area contributed by atoms with Gasteiger partial charge in [-0.15, -0.1) is 0 Å². The van der Waals surface area contributed by atoms with Gasteiger partial charge in [0.1, 0.15) is 17.1 Å². The number of carbonyl (C=O) groups excluding carboxylic acids is 1. The summed E-state index contributed by atoms with van der Waals surface area (Å²) in [7, 11) is 1.61. The third-order valence-corrected chi connectivity index (χ3v) is 2.30. The van der Waals surface area contributed by atoms with Crippen LogP contribution in [0.1, 0.15) is 12.5 Å². The van der Waals surface area contributed by atoms with Gasteiger partial charge in [0.05, 0.1) is 13.4 Å². The van der Waals surface area contributed by atoms with E-state index in [2.05, 4.69) is 0 Å². The van der Waals surface area contributed by atoms with E-state index in [0.29, 0.717) is 6.42 Å². The molecule has 0 saturated heterocycles. The van der Waals surface area contributed by atoms with Crippen LogP contribution in [0.25, 0.3) is 11.0 Å². The summed E-state index contributed by atoms with van der Waals surface area (Å²) >= 11 is 0. The first-order chi connectivity index (χ1) is 7.20. The van der Waals surface area contributed by atoms with Crippen LogP contribution < -0.4 is 4.74 Å². The monoisotopic (exact) mass is 204 g/mol. The number of benzene rings is 1. The highest BCUT2D eigenvalue weighted by atomic mass is 16.5. The summed E-state index contributed by atoms with van der Waals surface area (Å²) in [6.07, 6.45) is 2.05. The summed E-state index contributed by atoms with van der Waals surface area (Å²) < 4.78 is 10.4. The fourth-order valence-corrected chi connectivity index (χ4v) is 1.60. The van der Waals surface area contributed by atoms with Crippen molar-refractivity contribution in [2.75, 3.05) is 7.11 Å². The minimum Gasteiger partial charge on any atom is -0.497 e. The molecule has 2 rings (SSSR count). The fourth-order valence-electron chi connectivity index (χ4n) is 1.60. The molecule has 3 heteroatoms. The second kappa shape index (κ2) is 3.77. The van der Waals surface area contributed by atoms with Crippen LogP contribution in [-0.4, -0.2) is 12.9 Å². The molecular weight excluding hydrogens is 192 g/mol. The molecule has 0 spiro atoms. The van der Waals surface area contributed by atoms with Gasteiger partial charge in [-0.1, -0.05) is 0 Å². The van der Waals surface area contributed by atoms with Gasteiger partial charge in [-0.3, -0.25) is 4.79 Å². The van der Waals surface area contributed by atoms with Crippen molar-refractivity contribution in [3.8, 4) is 5.75 Å². The largest absolute Gasteiger partial charge is 0.497 e. The standard InChI is InChI=1S/C12H12O3/c1-8(13)5-9-7-15-12-6-10(14-2)3-4-11(9)12/h3-4,6-7H,5H2,1-2H3. The van der Waals surface area contributed by atoms with Crippen LogP contribution in [0.2, 0.25) is 0 Å². The molecule has 1 aromatic heterocycles. The highest BCUT2D eigenvalue weighted by Gasteiger charge is 2.08. The van der Waals surface area contributed by atoms with Crippen LogP contribution in [-0.2, 0) is 11.2 Å². The lowest BCUT2D eigenvalue weighted by Gasteiger charge is -1.98. The Labute approximate surface area is 87.6 Å². The summed E-state index contributed by atoms with van der Waals surface area (Å²) in [6, 6.07) is 5.59. The van der Waals surface area contributed by atoms with Crippen molar-refractivity contribution in [3.63, 3.8) is 0 Å². The Morgan fingerprint density at radius 2 is 2.27 bits per heavy atom. The molecule has 0 amide bonds. The number of fused-ring (bicyclic) bond motifs is 1. The quantitative estimate of drug-likeness (QED) is 0.771. The third kappa shape index (κ3) is 1.86. The average molecular weight is 204 g/mol. The number of rotatable bonds is 3. The normalized spacial score (nSPS) is 10.5. The Morgan fingerprint density at radius 1 is 1.47 bits per heavy atom. The number of ether oxygens (including phenoxy) is 1. The second-order valence-corrected chi connectivity index (χ2v) is 3.50. The molecule has 2 aromatic rings. The van der Waals surface area contributed by atoms with E-state index in [4.69, 9.17) is 9.15 Å². The molecule has 0 bridgehead atoms. The predicted molar refractivity (Wildman–Crippen MR) is 57.2 cm³/mol. The Bertz CT molecular complexity index is 497. The number of methoxy groups -OCH3 is 1. The van der Waals surface area contributed by atoms with Gasteiger partial charge in [0.15, 0.2) is 0 Å².